The third-order valence-electron chi connectivity index (χ3n) is 2.65. The molecule has 17 heavy (non-hydrogen) atoms. The Morgan fingerprint density at radius 3 is 2.47 bits per heavy atom. The Morgan fingerprint density at radius 1 is 1.24 bits per heavy atom. The van der Waals surface area contributed by atoms with E-state index in [1.807, 2.05) is 0 Å². The fourth-order valence-electron chi connectivity index (χ4n) is 1.87. The van der Waals surface area contributed by atoms with Gasteiger partial charge in [0, 0.05) is 5.33 Å². The van der Waals surface area contributed by atoms with Crippen LogP contribution in [-0.4, -0.2) is 11.6 Å². The molecule has 0 amide bonds. The molecule has 0 unspecified atom stereocenters. The van der Waals surface area contributed by atoms with Crippen molar-refractivity contribution in [1.82, 2.24) is 0 Å². The van der Waals surface area contributed by atoms with Gasteiger partial charge >= 0.3 is 0 Å². The lowest BCUT2D eigenvalue weighted by atomic mass is 9.99. The summed E-state index contributed by atoms with van der Waals surface area (Å²) in [6, 6.07) is 13.0. The highest BCUT2D eigenvalue weighted by Gasteiger charge is 2.03. The number of carboxylic acid groups (broad SMARTS) is 1. The minimum Gasteiger partial charge on any atom is -0.483 e. The maximum absolute atomic E-state index is 8.36. The molecule has 2 nitrogen and oxygen atoms in total. The molecule has 0 heterocycles. The Hall–Kier alpha value is -1.35. The first-order chi connectivity index (χ1) is 8.28. The van der Waals surface area contributed by atoms with Crippen LogP contribution in [0.1, 0.15) is 18.1 Å². The Labute approximate surface area is 109 Å². The van der Waals surface area contributed by atoms with Gasteiger partial charge in [-0.1, -0.05) is 59.3 Å². The molecule has 0 aromatic heterocycles. The Balaban J connectivity index is 0.000000437. The maximum Gasteiger partial charge on any atom is 0.290 e. The number of alkyl halides is 1. The van der Waals surface area contributed by atoms with Crippen LogP contribution in [0.4, 0.5) is 0 Å². The van der Waals surface area contributed by atoms with Gasteiger partial charge in [0.2, 0.25) is 0 Å². The smallest absolute Gasteiger partial charge is 0.290 e. The fraction of sp³-hybridized carbons (Fsp3) is 0.214. The second-order valence-corrected chi connectivity index (χ2v) is 4.08. The van der Waals surface area contributed by atoms with Crippen LogP contribution in [0.3, 0.4) is 0 Å². The van der Waals surface area contributed by atoms with Crippen LogP contribution in [0.25, 0.3) is 10.8 Å². The van der Waals surface area contributed by atoms with E-state index in [0.717, 1.165) is 11.8 Å². The Kier molecular flexibility index (Phi) is 5.70. The molecule has 1 N–H and O–H groups in total. The van der Waals surface area contributed by atoms with E-state index in [-0.39, 0.29) is 6.47 Å². The van der Waals surface area contributed by atoms with Crippen molar-refractivity contribution in [2.24, 2.45) is 0 Å². The molecule has 0 atom stereocenters. The lowest BCUT2D eigenvalue weighted by Gasteiger charge is -2.08. The average molecular weight is 295 g/mol. The first-order valence-corrected chi connectivity index (χ1v) is 6.53. The number of fused-ring (bicyclic) bond motifs is 1. The Morgan fingerprint density at radius 2 is 1.88 bits per heavy atom. The minimum atomic E-state index is -0.250. The van der Waals surface area contributed by atoms with Crippen LogP contribution in [0.2, 0.25) is 0 Å². The minimum absolute atomic E-state index is 0.250. The van der Waals surface area contributed by atoms with Gasteiger partial charge in [0.15, 0.2) is 0 Å². The van der Waals surface area contributed by atoms with Crippen molar-refractivity contribution in [3.63, 3.8) is 0 Å². The van der Waals surface area contributed by atoms with E-state index in [1.165, 1.54) is 21.9 Å². The van der Waals surface area contributed by atoms with E-state index in [2.05, 4.69) is 59.3 Å². The zero-order chi connectivity index (χ0) is 12.7. The topological polar surface area (TPSA) is 37.3 Å². The first kappa shape index (κ1) is 13.7. The quantitative estimate of drug-likeness (QED) is 0.671. The maximum atomic E-state index is 8.36. The van der Waals surface area contributed by atoms with Crippen molar-refractivity contribution in [3.8, 4) is 0 Å². The van der Waals surface area contributed by atoms with Gasteiger partial charge < -0.3 is 5.11 Å². The molecule has 3 heteroatoms. The van der Waals surface area contributed by atoms with Gasteiger partial charge in [-0.05, 0) is 28.3 Å². The van der Waals surface area contributed by atoms with Crippen molar-refractivity contribution < 1.29 is 9.90 Å². The molecule has 0 saturated carbocycles. The molecule has 0 fully saturated rings. The summed E-state index contributed by atoms with van der Waals surface area (Å²) in [5.41, 5.74) is 2.88. The van der Waals surface area contributed by atoms with Crippen LogP contribution in [0, 0.1) is 0 Å². The molecule has 0 aliphatic carbocycles. The molecular formula is C14H15BrO2. The van der Waals surface area contributed by atoms with Crippen LogP contribution < -0.4 is 0 Å². The summed E-state index contributed by atoms with van der Waals surface area (Å²) in [7, 11) is 0. The molecule has 90 valence electrons. The van der Waals surface area contributed by atoms with Crippen LogP contribution in [-0.2, 0) is 16.5 Å². The van der Waals surface area contributed by atoms with Crippen molar-refractivity contribution >= 4 is 33.2 Å². The molecule has 2 rings (SSSR count). The SMILES string of the molecule is CCc1ccc2ccccc2c1CBr.O=CO. The van der Waals surface area contributed by atoms with Crippen molar-refractivity contribution in [3.05, 3.63) is 47.5 Å². The number of aryl methyl sites for hydroxylation is 1. The molecule has 0 aliphatic heterocycles. The third-order valence-corrected chi connectivity index (χ3v) is 3.21. The zero-order valence-corrected chi connectivity index (χ0v) is 11.3. The molecule has 2 aromatic rings. The number of carbonyl (C=O) groups is 1. The summed E-state index contributed by atoms with van der Waals surface area (Å²) in [5, 5.41) is 10.5. The van der Waals surface area contributed by atoms with Crippen LogP contribution >= 0.6 is 15.9 Å². The Bertz CT molecular complexity index is 495. The number of rotatable bonds is 2. The molecule has 0 spiro atoms. The predicted molar refractivity (Wildman–Crippen MR) is 74.6 cm³/mol. The van der Waals surface area contributed by atoms with Gasteiger partial charge in [-0.2, -0.15) is 0 Å². The summed E-state index contributed by atoms with van der Waals surface area (Å²) < 4.78 is 0. The number of benzene rings is 2. The van der Waals surface area contributed by atoms with Crippen molar-refractivity contribution in [2.75, 3.05) is 0 Å². The van der Waals surface area contributed by atoms with E-state index in [4.69, 9.17) is 9.90 Å². The summed E-state index contributed by atoms with van der Waals surface area (Å²) in [6.07, 6.45) is 1.10. The normalized spacial score (nSPS) is 9.53. The number of halogens is 1. The van der Waals surface area contributed by atoms with Gasteiger partial charge in [-0.3, -0.25) is 4.79 Å². The van der Waals surface area contributed by atoms with Gasteiger partial charge in [0.05, 0.1) is 0 Å². The summed E-state index contributed by atoms with van der Waals surface area (Å²) in [6.45, 7) is 1.95. The summed E-state index contributed by atoms with van der Waals surface area (Å²) in [5.74, 6) is 0. The standard InChI is InChI=1S/C13H13Br.CH2O2/c1-2-10-7-8-11-5-3-4-6-12(11)13(10)9-14;2-1-3/h3-8H,2,9H2,1H3;1H,(H,2,3). The van der Waals surface area contributed by atoms with Crippen LogP contribution in [0.15, 0.2) is 36.4 Å². The van der Waals surface area contributed by atoms with Gasteiger partial charge in [-0.25, -0.2) is 0 Å². The second-order valence-electron chi connectivity index (χ2n) is 3.52. The zero-order valence-electron chi connectivity index (χ0n) is 9.69. The van der Waals surface area contributed by atoms with Gasteiger partial charge in [-0.15, -0.1) is 0 Å². The van der Waals surface area contributed by atoms with Crippen molar-refractivity contribution in [1.29, 1.82) is 0 Å². The van der Waals surface area contributed by atoms with Gasteiger partial charge in [0.1, 0.15) is 0 Å². The summed E-state index contributed by atoms with van der Waals surface area (Å²) in [4.78, 5) is 8.36. The van der Waals surface area contributed by atoms with Gasteiger partial charge in [0.25, 0.3) is 6.47 Å². The molecule has 0 bridgehead atoms. The van der Waals surface area contributed by atoms with E-state index >= 15 is 0 Å². The molecule has 0 radical (unpaired) electrons. The van der Waals surface area contributed by atoms with E-state index in [1.54, 1.807) is 0 Å². The highest BCUT2D eigenvalue weighted by atomic mass is 79.9. The largest absolute Gasteiger partial charge is 0.483 e. The lowest BCUT2D eigenvalue weighted by Crippen LogP contribution is -1.90. The summed E-state index contributed by atoms with van der Waals surface area (Å²) >= 11 is 3.57. The second kappa shape index (κ2) is 7.07. The molecular weight excluding hydrogens is 280 g/mol. The predicted octanol–water partition coefficient (Wildman–Crippen LogP) is 4.00. The number of hydrogen-bond donors (Lipinski definition) is 1. The van der Waals surface area contributed by atoms with Crippen LogP contribution in [0.5, 0.6) is 0 Å². The molecule has 0 aliphatic rings. The first-order valence-electron chi connectivity index (χ1n) is 5.41. The van der Waals surface area contributed by atoms with E-state index in [0.29, 0.717) is 0 Å². The number of hydrogen-bond acceptors (Lipinski definition) is 1. The third kappa shape index (κ3) is 3.30. The monoisotopic (exact) mass is 294 g/mol. The fourth-order valence-corrected chi connectivity index (χ4v) is 2.53. The molecule has 0 saturated heterocycles. The van der Waals surface area contributed by atoms with E-state index < -0.39 is 0 Å². The average Bonchev–Trinajstić information content (AvgIpc) is 2.38. The highest BCUT2D eigenvalue weighted by molar-refractivity contribution is 9.08. The van der Waals surface area contributed by atoms with Crippen molar-refractivity contribution in [2.45, 2.75) is 18.7 Å². The molecule has 2 aromatic carbocycles. The lowest BCUT2D eigenvalue weighted by molar-refractivity contribution is -0.122. The highest BCUT2D eigenvalue weighted by Crippen LogP contribution is 2.24. The van der Waals surface area contributed by atoms with E-state index in [9.17, 15) is 0 Å².